The summed E-state index contributed by atoms with van der Waals surface area (Å²) in [4.78, 5) is 11.1. The second kappa shape index (κ2) is 7.07. The van der Waals surface area contributed by atoms with Crippen molar-refractivity contribution in [3.05, 3.63) is 41.9 Å². The van der Waals surface area contributed by atoms with E-state index in [4.69, 9.17) is 0 Å². The molecule has 0 unspecified atom stereocenters. The summed E-state index contributed by atoms with van der Waals surface area (Å²) < 4.78 is 13.0. The minimum absolute atomic E-state index is 0.279. The van der Waals surface area contributed by atoms with E-state index in [9.17, 15) is 9.18 Å². The molecule has 0 aromatic heterocycles. The maximum absolute atomic E-state index is 13.0. The molecule has 0 spiro atoms. The molecule has 0 bridgehead atoms. The van der Waals surface area contributed by atoms with Crippen molar-refractivity contribution < 1.29 is 9.18 Å². The molecular formula is C16H20FNO. The van der Waals surface area contributed by atoms with Gasteiger partial charge in [0.1, 0.15) is 12.1 Å². The summed E-state index contributed by atoms with van der Waals surface area (Å²) in [7, 11) is 0. The molecule has 1 fully saturated rings. The topological polar surface area (TPSA) is 29.1 Å². The van der Waals surface area contributed by atoms with Crippen LogP contribution in [0, 0.1) is 11.7 Å². The number of benzene rings is 1. The zero-order chi connectivity index (χ0) is 13.5. The van der Waals surface area contributed by atoms with Gasteiger partial charge in [-0.05, 0) is 30.5 Å². The average Bonchev–Trinajstić information content (AvgIpc) is 2.44. The molecule has 1 N–H and O–H groups in total. The van der Waals surface area contributed by atoms with E-state index in [0.29, 0.717) is 11.6 Å². The van der Waals surface area contributed by atoms with Gasteiger partial charge in [0.15, 0.2) is 0 Å². The lowest BCUT2D eigenvalue weighted by Gasteiger charge is -2.21. The van der Waals surface area contributed by atoms with Crippen molar-refractivity contribution in [1.29, 1.82) is 0 Å². The lowest BCUT2D eigenvalue weighted by Crippen LogP contribution is -2.08. The highest BCUT2D eigenvalue weighted by Crippen LogP contribution is 2.28. The summed E-state index contributed by atoms with van der Waals surface area (Å²) in [6.07, 6.45) is 9.72. The van der Waals surface area contributed by atoms with E-state index in [-0.39, 0.29) is 5.82 Å². The molecule has 0 amide bonds. The number of hydrogen-bond acceptors (Lipinski definition) is 2. The molecule has 0 aliphatic heterocycles. The molecule has 3 heteroatoms. The Kier molecular flexibility index (Phi) is 5.13. The van der Waals surface area contributed by atoms with Gasteiger partial charge in [-0.25, -0.2) is 4.39 Å². The summed E-state index contributed by atoms with van der Waals surface area (Å²) in [5.41, 5.74) is 1.43. The highest BCUT2D eigenvalue weighted by molar-refractivity contribution is 5.74. The van der Waals surface area contributed by atoms with Crippen LogP contribution in [0.2, 0.25) is 0 Å². The van der Waals surface area contributed by atoms with E-state index in [0.717, 1.165) is 18.3 Å². The van der Waals surface area contributed by atoms with E-state index in [1.54, 1.807) is 18.3 Å². The van der Waals surface area contributed by atoms with Gasteiger partial charge in [0.25, 0.3) is 0 Å². The number of halogens is 1. The van der Waals surface area contributed by atoms with Crippen LogP contribution in [-0.2, 0) is 4.79 Å². The summed E-state index contributed by atoms with van der Waals surface area (Å²) in [6.45, 7) is 0. The van der Waals surface area contributed by atoms with Crippen molar-refractivity contribution in [1.82, 2.24) is 0 Å². The molecule has 102 valence electrons. The third kappa shape index (κ3) is 4.51. The van der Waals surface area contributed by atoms with E-state index in [1.165, 1.54) is 44.2 Å². The van der Waals surface area contributed by atoms with Crippen molar-refractivity contribution in [2.24, 2.45) is 5.92 Å². The molecule has 0 saturated heterocycles. The fourth-order valence-corrected chi connectivity index (χ4v) is 2.62. The Labute approximate surface area is 113 Å². The van der Waals surface area contributed by atoms with Crippen LogP contribution < -0.4 is 5.32 Å². The van der Waals surface area contributed by atoms with Crippen LogP contribution in [0.5, 0.6) is 0 Å². The third-order valence-corrected chi connectivity index (χ3v) is 3.65. The van der Waals surface area contributed by atoms with Crippen LogP contribution >= 0.6 is 0 Å². The van der Waals surface area contributed by atoms with Gasteiger partial charge in [0.05, 0.1) is 0 Å². The zero-order valence-corrected chi connectivity index (χ0v) is 11.1. The summed E-state index contributed by atoms with van der Waals surface area (Å²) in [5.74, 6) is 0.345. The van der Waals surface area contributed by atoms with Crippen LogP contribution in [0.4, 0.5) is 10.1 Å². The van der Waals surface area contributed by atoms with Crippen molar-refractivity contribution >= 4 is 12.0 Å². The standard InChI is InChI=1S/C16H20FNO/c17-15-7-4-8-16(10-15)18-11-14(12-19)9-13-5-2-1-3-6-13/h4,7-8,10-13,18H,1-3,5-6,9H2/b14-11+. The van der Waals surface area contributed by atoms with Crippen molar-refractivity contribution in [2.45, 2.75) is 38.5 Å². The molecule has 0 heterocycles. The lowest BCUT2D eigenvalue weighted by atomic mass is 9.85. The summed E-state index contributed by atoms with van der Waals surface area (Å²) in [5, 5.41) is 2.99. The predicted molar refractivity (Wildman–Crippen MR) is 75.4 cm³/mol. The third-order valence-electron chi connectivity index (χ3n) is 3.65. The Morgan fingerprint density at radius 3 is 2.79 bits per heavy atom. The van der Waals surface area contributed by atoms with Gasteiger partial charge in [0, 0.05) is 17.5 Å². The Morgan fingerprint density at radius 1 is 1.32 bits per heavy atom. The second-order valence-corrected chi connectivity index (χ2v) is 5.20. The molecule has 2 rings (SSSR count). The Balaban J connectivity index is 1.92. The number of carbonyl (C=O) groups is 1. The first-order valence-electron chi connectivity index (χ1n) is 6.94. The van der Waals surface area contributed by atoms with Crippen LogP contribution in [0.1, 0.15) is 38.5 Å². The summed E-state index contributed by atoms with van der Waals surface area (Å²) >= 11 is 0. The second-order valence-electron chi connectivity index (χ2n) is 5.20. The molecule has 2 nitrogen and oxygen atoms in total. The van der Waals surface area contributed by atoms with E-state index < -0.39 is 0 Å². The maximum Gasteiger partial charge on any atom is 0.147 e. The molecule has 1 aromatic rings. The highest BCUT2D eigenvalue weighted by Gasteiger charge is 2.14. The molecule has 1 aliphatic carbocycles. The lowest BCUT2D eigenvalue weighted by molar-refractivity contribution is -0.105. The van der Waals surface area contributed by atoms with Crippen LogP contribution in [0.15, 0.2) is 36.0 Å². The average molecular weight is 261 g/mol. The molecule has 0 radical (unpaired) electrons. The van der Waals surface area contributed by atoms with E-state index >= 15 is 0 Å². The minimum atomic E-state index is -0.279. The monoisotopic (exact) mass is 261 g/mol. The smallest absolute Gasteiger partial charge is 0.147 e. The maximum atomic E-state index is 13.0. The van der Waals surface area contributed by atoms with Gasteiger partial charge in [-0.15, -0.1) is 0 Å². The van der Waals surface area contributed by atoms with Gasteiger partial charge in [-0.3, -0.25) is 4.79 Å². The molecule has 19 heavy (non-hydrogen) atoms. The first kappa shape index (κ1) is 13.8. The fraction of sp³-hybridized carbons (Fsp3) is 0.438. The Morgan fingerprint density at radius 2 is 2.11 bits per heavy atom. The minimum Gasteiger partial charge on any atom is -0.361 e. The fourth-order valence-electron chi connectivity index (χ4n) is 2.62. The summed E-state index contributed by atoms with van der Waals surface area (Å²) in [6, 6.07) is 6.24. The largest absolute Gasteiger partial charge is 0.361 e. The first-order chi connectivity index (χ1) is 9.28. The number of carbonyl (C=O) groups excluding carboxylic acids is 1. The van der Waals surface area contributed by atoms with Gasteiger partial charge < -0.3 is 5.32 Å². The number of allylic oxidation sites excluding steroid dienone is 1. The van der Waals surface area contributed by atoms with E-state index in [1.807, 2.05) is 0 Å². The van der Waals surface area contributed by atoms with Crippen LogP contribution in [0.3, 0.4) is 0 Å². The predicted octanol–water partition coefficient (Wildman–Crippen LogP) is 4.29. The van der Waals surface area contributed by atoms with Gasteiger partial charge in [0.2, 0.25) is 0 Å². The molecule has 1 aliphatic rings. The number of hydrogen-bond donors (Lipinski definition) is 1. The zero-order valence-electron chi connectivity index (χ0n) is 11.1. The quantitative estimate of drug-likeness (QED) is 0.632. The normalized spacial score (nSPS) is 17.2. The molecule has 1 saturated carbocycles. The SMILES string of the molecule is O=C/C(=C/Nc1cccc(F)c1)CC1CCCCC1. The molecular weight excluding hydrogens is 241 g/mol. The number of aldehydes is 1. The van der Waals surface area contributed by atoms with Crippen molar-refractivity contribution in [3.8, 4) is 0 Å². The number of nitrogens with one attached hydrogen (secondary N) is 1. The van der Waals surface area contributed by atoms with Crippen molar-refractivity contribution in [3.63, 3.8) is 0 Å². The highest BCUT2D eigenvalue weighted by atomic mass is 19.1. The number of anilines is 1. The van der Waals surface area contributed by atoms with E-state index in [2.05, 4.69) is 5.32 Å². The first-order valence-corrected chi connectivity index (χ1v) is 6.94. The molecule has 0 atom stereocenters. The van der Waals surface area contributed by atoms with Gasteiger partial charge >= 0.3 is 0 Å². The van der Waals surface area contributed by atoms with Crippen molar-refractivity contribution in [2.75, 3.05) is 5.32 Å². The number of rotatable bonds is 5. The Hall–Kier alpha value is -1.64. The Bertz CT molecular complexity index is 450. The van der Waals surface area contributed by atoms with Crippen LogP contribution in [0.25, 0.3) is 0 Å². The van der Waals surface area contributed by atoms with Gasteiger partial charge in [-0.1, -0.05) is 38.2 Å². The van der Waals surface area contributed by atoms with Gasteiger partial charge in [-0.2, -0.15) is 0 Å². The van der Waals surface area contributed by atoms with Crippen LogP contribution in [-0.4, -0.2) is 6.29 Å². The molecule has 1 aromatic carbocycles.